The number of nitrogens with zero attached hydrogens (tertiary/aromatic N) is 2. The molecule has 1 aromatic carbocycles. The van der Waals surface area contributed by atoms with Gasteiger partial charge >= 0.3 is 0 Å². The van der Waals surface area contributed by atoms with Gasteiger partial charge in [0.15, 0.2) is 6.23 Å². The standard InChI is InChI=1S/C13H17N3O4/c1-13(19)11(18)10(5-17)20-12(13)16-6-15-8-3-2-7(14)4-9(8)16/h2-4,6,10-12,17-19H,5,14H2,1H3/t10-,11-,12-,13-/m1/s1. The molecule has 1 fully saturated rings. The second kappa shape index (κ2) is 4.42. The van der Waals surface area contributed by atoms with Crippen molar-refractivity contribution in [3.63, 3.8) is 0 Å². The summed E-state index contributed by atoms with van der Waals surface area (Å²) in [6, 6.07) is 5.23. The summed E-state index contributed by atoms with van der Waals surface area (Å²) in [5.41, 5.74) is 6.20. The zero-order valence-electron chi connectivity index (χ0n) is 11.0. The predicted octanol–water partition coefficient (Wildman–Crippen LogP) is -0.380. The number of nitrogen functional groups attached to an aromatic ring is 1. The topological polar surface area (TPSA) is 114 Å². The summed E-state index contributed by atoms with van der Waals surface area (Å²) in [6.07, 6.45) is -1.35. The van der Waals surface area contributed by atoms with Crippen LogP contribution in [0.25, 0.3) is 11.0 Å². The number of aliphatic hydroxyl groups is 3. The number of rotatable bonds is 2. The first-order valence-electron chi connectivity index (χ1n) is 6.34. The van der Waals surface area contributed by atoms with Gasteiger partial charge in [-0.25, -0.2) is 4.98 Å². The smallest absolute Gasteiger partial charge is 0.167 e. The zero-order chi connectivity index (χ0) is 14.5. The number of aromatic nitrogens is 2. The van der Waals surface area contributed by atoms with Crippen LogP contribution in [-0.2, 0) is 4.74 Å². The average Bonchev–Trinajstić information content (AvgIpc) is 2.90. The van der Waals surface area contributed by atoms with Crippen LogP contribution in [0, 0.1) is 0 Å². The molecule has 3 rings (SSSR count). The fourth-order valence-electron chi connectivity index (χ4n) is 2.62. The SMILES string of the molecule is C[C@@]1(O)[C@H](O)[C@@H](CO)O[C@H]1n1cnc2ccc(N)cc21. The third-order valence-electron chi connectivity index (χ3n) is 3.79. The highest BCUT2D eigenvalue weighted by atomic mass is 16.6. The van der Waals surface area contributed by atoms with E-state index < -0.39 is 24.0 Å². The molecule has 2 heterocycles. The highest BCUT2D eigenvalue weighted by Crippen LogP contribution is 2.39. The fraction of sp³-hybridized carbons (Fsp3) is 0.462. The highest BCUT2D eigenvalue weighted by Gasteiger charge is 2.53. The van der Waals surface area contributed by atoms with Crippen molar-refractivity contribution in [1.29, 1.82) is 0 Å². The monoisotopic (exact) mass is 279 g/mol. The van der Waals surface area contributed by atoms with Crippen LogP contribution in [0.3, 0.4) is 0 Å². The first kappa shape index (κ1) is 13.3. The van der Waals surface area contributed by atoms with Gasteiger partial charge in [0.1, 0.15) is 17.8 Å². The van der Waals surface area contributed by atoms with Crippen LogP contribution in [0.5, 0.6) is 0 Å². The normalized spacial score (nSPS) is 33.9. The maximum atomic E-state index is 10.5. The van der Waals surface area contributed by atoms with Crippen molar-refractivity contribution in [1.82, 2.24) is 9.55 Å². The van der Waals surface area contributed by atoms with Gasteiger partial charge in [-0.2, -0.15) is 0 Å². The van der Waals surface area contributed by atoms with Crippen molar-refractivity contribution in [3.8, 4) is 0 Å². The molecule has 0 radical (unpaired) electrons. The van der Waals surface area contributed by atoms with Gasteiger partial charge in [-0.15, -0.1) is 0 Å². The molecule has 0 saturated carbocycles. The minimum atomic E-state index is -1.54. The number of nitrogens with two attached hydrogens (primary N) is 1. The predicted molar refractivity (Wildman–Crippen MR) is 71.8 cm³/mol. The molecule has 1 aliphatic rings. The molecule has 0 spiro atoms. The average molecular weight is 279 g/mol. The first-order chi connectivity index (χ1) is 9.45. The van der Waals surface area contributed by atoms with Gasteiger partial charge in [-0.1, -0.05) is 0 Å². The number of imidazole rings is 1. The van der Waals surface area contributed by atoms with Gasteiger partial charge in [0.25, 0.3) is 0 Å². The van der Waals surface area contributed by atoms with E-state index in [9.17, 15) is 15.3 Å². The number of benzene rings is 1. The highest BCUT2D eigenvalue weighted by molar-refractivity contribution is 5.79. The lowest BCUT2D eigenvalue weighted by atomic mass is 9.96. The van der Waals surface area contributed by atoms with E-state index >= 15 is 0 Å². The largest absolute Gasteiger partial charge is 0.399 e. The summed E-state index contributed by atoms with van der Waals surface area (Å²) >= 11 is 0. The van der Waals surface area contributed by atoms with Crippen LogP contribution in [0.1, 0.15) is 13.2 Å². The maximum absolute atomic E-state index is 10.5. The lowest BCUT2D eigenvalue weighted by molar-refractivity contribution is -0.0948. The number of anilines is 1. The molecule has 2 aromatic rings. The molecule has 0 aliphatic carbocycles. The van der Waals surface area contributed by atoms with Crippen LogP contribution in [0.4, 0.5) is 5.69 Å². The summed E-state index contributed by atoms with van der Waals surface area (Å²) in [6.45, 7) is 1.10. The lowest BCUT2D eigenvalue weighted by Crippen LogP contribution is -2.44. The number of hydrogen-bond acceptors (Lipinski definition) is 6. The molecular formula is C13H17N3O4. The van der Waals surface area contributed by atoms with Crippen LogP contribution in [0.2, 0.25) is 0 Å². The second-order valence-electron chi connectivity index (χ2n) is 5.28. The second-order valence-corrected chi connectivity index (χ2v) is 5.28. The van der Waals surface area contributed by atoms with Crippen molar-refractivity contribution in [2.45, 2.75) is 31.0 Å². The molecule has 7 nitrogen and oxygen atoms in total. The van der Waals surface area contributed by atoms with Crippen LogP contribution < -0.4 is 5.73 Å². The summed E-state index contributed by atoms with van der Waals surface area (Å²) in [4.78, 5) is 4.22. The number of ether oxygens (including phenoxy) is 1. The van der Waals surface area contributed by atoms with E-state index in [-0.39, 0.29) is 6.61 Å². The van der Waals surface area contributed by atoms with Gasteiger partial charge in [0.05, 0.1) is 24.0 Å². The van der Waals surface area contributed by atoms with Gasteiger partial charge in [-0.05, 0) is 25.1 Å². The molecule has 0 amide bonds. The zero-order valence-corrected chi connectivity index (χ0v) is 11.0. The maximum Gasteiger partial charge on any atom is 0.167 e. The lowest BCUT2D eigenvalue weighted by Gasteiger charge is -2.27. The third kappa shape index (κ3) is 1.79. The van der Waals surface area contributed by atoms with Crippen molar-refractivity contribution in [2.24, 2.45) is 0 Å². The molecule has 5 N–H and O–H groups in total. The molecule has 20 heavy (non-hydrogen) atoms. The molecule has 1 aromatic heterocycles. The fourth-order valence-corrected chi connectivity index (χ4v) is 2.62. The Kier molecular flexibility index (Phi) is 2.94. The molecule has 4 atom stereocenters. The Hall–Kier alpha value is -1.67. The van der Waals surface area contributed by atoms with Crippen molar-refractivity contribution in [2.75, 3.05) is 12.3 Å². The van der Waals surface area contributed by atoms with Crippen molar-refractivity contribution >= 4 is 16.7 Å². The van der Waals surface area contributed by atoms with E-state index in [0.717, 1.165) is 0 Å². The minimum absolute atomic E-state index is 0.372. The molecule has 0 bridgehead atoms. The molecule has 7 heteroatoms. The number of aliphatic hydroxyl groups excluding tert-OH is 2. The quantitative estimate of drug-likeness (QED) is 0.557. The number of fused-ring (bicyclic) bond motifs is 1. The summed E-state index contributed by atoms with van der Waals surface area (Å²) in [5.74, 6) is 0. The van der Waals surface area contributed by atoms with Crippen molar-refractivity contribution in [3.05, 3.63) is 24.5 Å². The van der Waals surface area contributed by atoms with Gasteiger partial charge in [-0.3, -0.25) is 0 Å². The number of hydrogen-bond donors (Lipinski definition) is 4. The van der Waals surface area contributed by atoms with Crippen LogP contribution >= 0.6 is 0 Å². The van der Waals surface area contributed by atoms with E-state index in [2.05, 4.69) is 4.98 Å². The molecule has 1 saturated heterocycles. The molecule has 0 unspecified atom stereocenters. The Morgan fingerprint density at radius 1 is 1.50 bits per heavy atom. The van der Waals surface area contributed by atoms with Crippen molar-refractivity contribution < 1.29 is 20.1 Å². The summed E-state index contributed by atoms with van der Waals surface area (Å²) in [7, 11) is 0. The van der Waals surface area contributed by atoms with Gasteiger partial charge < -0.3 is 30.4 Å². The Bertz CT molecular complexity index is 640. The summed E-state index contributed by atoms with van der Waals surface area (Å²) < 4.78 is 7.18. The van der Waals surface area contributed by atoms with Gasteiger partial charge in [0.2, 0.25) is 0 Å². The Morgan fingerprint density at radius 2 is 2.25 bits per heavy atom. The van der Waals surface area contributed by atoms with Gasteiger partial charge in [0, 0.05) is 5.69 Å². The van der Waals surface area contributed by atoms with E-state index in [0.29, 0.717) is 16.7 Å². The van der Waals surface area contributed by atoms with E-state index in [1.54, 1.807) is 22.8 Å². The van der Waals surface area contributed by atoms with Crippen LogP contribution in [-0.4, -0.2) is 49.3 Å². The third-order valence-corrected chi connectivity index (χ3v) is 3.79. The Labute approximate surface area is 115 Å². The molecule has 108 valence electrons. The minimum Gasteiger partial charge on any atom is -0.399 e. The Morgan fingerprint density at radius 3 is 2.90 bits per heavy atom. The molecule has 1 aliphatic heterocycles. The van der Waals surface area contributed by atoms with E-state index in [1.165, 1.54) is 13.3 Å². The van der Waals surface area contributed by atoms with Crippen LogP contribution in [0.15, 0.2) is 24.5 Å². The summed E-state index contributed by atoms with van der Waals surface area (Å²) in [5, 5.41) is 29.7. The first-order valence-corrected chi connectivity index (χ1v) is 6.34. The van der Waals surface area contributed by atoms with E-state index in [4.69, 9.17) is 10.5 Å². The Balaban J connectivity index is 2.09. The molecular weight excluding hydrogens is 262 g/mol. The van der Waals surface area contributed by atoms with E-state index in [1.807, 2.05) is 0 Å².